The van der Waals surface area contributed by atoms with E-state index in [1.54, 1.807) is 13.3 Å². The Kier molecular flexibility index (Phi) is 4.71. The van der Waals surface area contributed by atoms with Gasteiger partial charge in [-0.15, -0.1) is 0 Å². The van der Waals surface area contributed by atoms with Crippen LogP contribution in [-0.4, -0.2) is 37.6 Å². The number of imidazole rings is 1. The third kappa shape index (κ3) is 3.05. The zero-order valence-corrected chi connectivity index (χ0v) is 15.1. The monoisotopic (exact) mass is 357 g/mol. The molecule has 0 radical (unpaired) electrons. The second kappa shape index (κ2) is 6.82. The van der Waals surface area contributed by atoms with Crippen molar-refractivity contribution in [3.8, 4) is 0 Å². The van der Waals surface area contributed by atoms with Crippen LogP contribution in [0.25, 0.3) is 0 Å². The van der Waals surface area contributed by atoms with E-state index < -0.39 is 23.6 Å². The molecule has 1 aromatic heterocycles. The van der Waals surface area contributed by atoms with Gasteiger partial charge in [-0.25, -0.2) is 14.6 Å². The minimum atomic E-state index is -1.41. The molecule has 1 aromatic carbocycles. The molecule has 0 saturated carbocycles. The summed E-state index contributed by atoms with van der Waals surface area (Å²) in [6, 6.07) is 8.83. The summed E-state index contributed by atoms with van der Waals surface area (Å²) in [5, 5.41) is 9.88. The average molecular weight is 357 g/mol. The van der Waals surface area contributed by atoms with Gasteiger partial charge in [-0.1, -0.05) is 44.2 Å². The number of amides is 1. The SMILES string of the molecule is CC(C)[C@H]1c2nc[nH]c2C[C@@](C)(C(=O)O)N1C(=O)OCc1ccccc1. The van der Waals surface area contributed by atoms with Crippen molar-refractivity contribution >= 4 is 12.1 Å². The number of aliphatic carboxylic acids is 1. The van der Waals surface area contributed by atoms with Crippen LogP contribution in [0.2, 0.25) is 0 Å². The van der Waals surface area contributed by atoms with Gasteiger partial charge in [0.15, 0.2) is 0 Å². The molecule has 2 atom stereocenters. The third-order valence-corrected chi connectivity index (χ3v) is 4.86. The lowest BCUT2D eigenvalue weighted by Crippen LogP contribution is -2.61. The van der Waals surface area contributed by atoms with Gasteiger partial charge in [-0.05, 0) is 18.4 Å². The Hall–Kier alpha value is -2.83. The van der Waals surface area contributed by atoms with Crippen LogP contribution < -0.4 is 0 Å². The number of nitrogens with zero attached hydrogens (tertiary/aromatic N) is 2. The molecule has 0 bridgehead atoms. The molecule has 2 aromatic rings. The van der Waals surface area contributed by atoms with Crippen LogP contribution in [0.1, 0.15) is 43.8 Å². The molecule has 0 spiro atoms. The molecule has 0 aliphatic carbocycles. The van der Waals surface area contributed by atoms with Gasteiger partial charge in [-0.2, -0.15) is 0 Å². The van der Waals surface area contributed by atoms with Crippen molar-refractivity contribution in [2.45, 2.75) is 45.4 Å². The van der Waals surface area contributed by atoms with Crippen LogP contribution in [0.5, 0.6) is 0 Å². The molecule has 1 aliphatic rings. The molecule has 1 aliphatic heterocycles. The van der Waals surface area contributed by atoms with Crippen molar-refractivity contribution in [1.82, 2.24) is 14.9 Å². The van der Waals surface area contributed by atoms with Crippen molar-refractivity contribution in [1.29, 1.82) is 0 Å². The van der Waals surface area contributed by atoms with E-state index in [4.69, 9.17) is 4.74 Å². The molecule has 7 heteroatoms. The van der Waals surface area contributed by atoms with E-state index in [1.807, 2.05) is 44.2 Å². The molecule has 0 fully saturated rings. The molecule has 2 heterocycles. The Bertz CT molecular complexity index is 802. The van der Waals surface area contributed by atoms with Crippen molar-refractivity contribution in [3.63, 3.8) is 0 Å². The van der Waals surface area contributed by atoms with Gasteiger partial charge in [0.05, 0.1) is 18.1 Å². The normalized spacial score (nSPS) is 22.2. The van der Waals surface area contributed by atoms with Gasteiger partial charge in [0.25, 0.3) is 0 Å². The lowest BCUT2D eigenvalue weighted by atomic mass is 9.82. The molecule has 2 N–H and O–H groups in total. The highest BCUT2D eigenvalue weighted by Gasteiger charge is 2.53. The zero-order chi connectivity index (χ0) is 18.9. The molecule has 1 amide bonds. The lowest BCUT2D eigenvalue weighted by molar-refractivity contribution is -0.153. The number of ether oxygens (including phenoxy) is 1. The summed E-state index contributed by atoms with van der Waals surface area (Å²) in [5.41, 5.74) is 0.884. The summed E-state index contributed by atoms with van der Waals surface area (Å²) in [6.07, 6.45) is 1.05. The second-order valence-electron chi connectivity index (χ2n) is 7.12. The first kappa shape index (κ1) is 18.0. The smallest absolute Gasteiger partial charge is 0.411 e. The average Bonchev–Trinajstić information content (AvgIpc) is 3.06. The number of carbonyl (C=O) groups is 2. The number of hydrogen-bond donors (Lipinski definition) is 2. The van der Waals surface area contributed by atoms with E-state index in [2.05, 4.69) is 9.97 Å². The predicted molar refractivity (Wildman–Crippen MR) is 94.4 cm³/mol. The van der Waals surface area contributed by atoms with Crippen LogP contribution in [0.4, 0.5) is 4.79 Å². The van der Waals surface area contributed by atoms with Crippen LogP contribution in [-0.2, 0) is 22.6 Å². The number of carboxylic acids is 1. The van der Waals surface area contributed by atoms with Crippen molar-refractivity contribution in [2.75, 3.05) is 0 Å². The number of rotatable bonds is 4. The number of carboxylic acid groups (broad SMARTS) is 1. The number of aromatic nitrogens is 2. The maximum atomic E-state index is 12.9. The number of hydrogen-bond acceptors (Lipinski definition) is 4. The van der Waals surface area contributed by atoms with Gasteiger partial charge >= 0.3 is 12.1 Å². The Morgan fingerprint density at radius 1 is 1.38 bits per heavy atom. The summed E-state index contributed by atoms with van der Waals surface area (Å²) < 4.78 is 5.47. The maximum absolute atomic E-state index is 12.9. The highest BCUT2D eigenvalue weighted by Crippen LogP contribution is 2.42. The summed E-state index contributed by atoms with van der Waals surface area (Å²) in [7, 11) is 0. The number of carbonyl (C=O) groups excluding carboxylic acids is 1. The minimum Gasteiger partial charge on any atom is -0.479 e. The van der Waals surface area contributed by atoms with E-state index in [0.29, 0.717) is 5.69 Å². The van der Waals surface area contributed by atoms with E-state index >= 15 is 0 Å². The summed E-state index contributed by atoms with van der Waals surface area (Å²) in [6.45, 7) is 5.52. The molecular weight excluding hydrogens is 334 g/mol. The van der Waals surface area contributed by atoms with Gasteiger partial charge in [0.1, 0.15) is 12.1 Å². The summed E-state index contributed by atoms with van der Waals surface area (Å²) in [4.78, 5) is 33.7. The fourth-order valence-corrected chi connectivity index (χ4v) is 3.48. The lowest BCUT2D eigenvalue weighted by Gasteiger charge is -2.46. The number of fused-ring (bicyclic) bond motifs is 1. The third-order valence-electron chi connectivity index (χ3n) is 4.86. The quantitative estimate of drug-likeness (QED) is 0.876. The Balaban J connectivity index is 1.94. The number of benzene rings is 1. The van der Waals surface area contributed by atoms with E-state index in [9.17, 15) is 14.7 Å². The minimum absolute atomic E-state index is 0.0275. The van der Waals surface area contributed by atoms with Crippen molar-refractivity contribution < 1.29 is 19.4 Å². The van der Waals surface area contributed by atoms with Crippen LogP contribution in [0.15, 0.2) is 36.7 Å². The first-order valence-electron chi connectivity index (χ1n) is 8.60. The molecule has 26 heavy (non-hydrogen) atoms. The van der Waals surface area contributed by atoms with Crippen molar-refractivity contribution in [2.24, 2.45) is 5.92 Å². The topological polar surface area (TPSA) is 95.5 Å². The second-order valence-corrected chi connectivity index (χ2v) is 7.12. The zero-order valence-electron chi connectivity index (χ0n) is 15.1. The van der Waals surface area contributed by atoms with E-state index in [1.165, 1.54) is 4.90 Å². The Labute approximate surface area is 152 Å². The molecule has 7 nitrogen and oxygen atoms in total. The molecule has 0 unspecified atom stereocenters. The van der Waals surface area contributed by atoms with Crippen LogP contribution in [0, 0.1) is 5.92 Å². The fraction of sp³-hybridized carbons (Fsp3) is 0.421. The highest BCUT2D eigenvalue weighted by molar-refractivity contribution is 5.85. The van der Waals surface area contributed by atoms with E-state index in [-0.39, 0.29) is 18.9 Å². The molecule has 3 rings (SSSR count). The van der Waals surface area contributed by atoms with Crippen LogP contribution in [0.3, 0.4) is 0 Å². The van der Waals surface area contributed by atoms with Gasteiger partial charge in [-0.3, -0.25) is 4.90 Å². The van der Waals surface area contributed by atoms with Gasteiger partial charge in [0, 0.05) is 12.1 Å². The number of aromatic amines is 1. The van der Waals surface area contributed by atoms with Gasteiger partial charge < -0.3 is 14.8 Å². The van der Waals surface area contributed by atoms with Gasteiger partial charge in [0.2, 0.25) is 0 Å². The predicted octanol–water partition coefficient (Wildman–Crippen LogP) is 3.15. The van der Waals surface area contributed by atoms with Crippen LogP contribution >= 0.6 is 0 Å². The largest absolute Gasteiger partial charge is 0.479 e. The molecule has 138 valence electrons. The van der Waals surface area contributed by atoms with Crippen molar-refractivity contribution in [3.05, 3.63) is 53.6 Å². The standard InChI is InChI=1S/C19H23N3O4/c1-12(2)16-15-14(20-11-21-15)9-19(3,17(23)24)22(16)18(25)26-10-13-7-5-4-6-8-13/h4-8,11-12,16H,9-10H2,1-3H3,(H,20,21)(H,23,24)/t16-,19-/m0/s1. The van der Waals surface area contributed by atoms with E-state index in [0.717, 1.165) is 11.3 Å². The number of H-pyrrole nitrogens is 1. The Morgan fingerprint density at radius 3 is 2.69 bits per heavy atom. The number of nitrogens with one attached hydrogen (secondary N) is 1. The highest BCUT2D eigenvalue weighted by atomic mass is 16.6. The summed E-state index contributed by atoms with van der Waals surface area (Å²) in [5.74, 6) is -1.10. The molecular formula is C19H23N3O4. The maximum Gasteiger partial charge on any atom is 0.411 e. The first-order chi connectivity index (χ1) is 12.3. The first-order valence-corrected chi connectivity index (χ1v) is 8.60. The molecule has 0 saturated heterocycles. The Morgan fingerprint density at radius 2 is 2.08 bits per heavy atom. The summed E-state index contributed by atoms with van der Waals surface area (Å²) >= 11 is 0. The fourth-order valence-electron chi connectivity index (χ4n) is 3.48.